The molecule has 1 aliphatic rings. The van der Waals surface area contributed by atoms with E-state index in [0.29, 0.717) is 13.2 Å². The minimum Gasteiger partial charge on any atom is -0.374 e. The van der Waals surface area contributed by atoms with Crippen molar-refractivity contribution in [1.29, 1.82) is 5.26 Å². The van der Waals surface area contributed by atoms with Gasteiger partial charge in [-0.25, -0.2) is 0 Å². The quantitative estimate of drug-likeness (QED) is 0.762. The van der Waals surface area contributed by atoms with Crippen molar-refractivity contribution < 1.29 is 9.53 Å². The lowest BCUT2D eigenvalue weighted by molar-refractivity contribution is -0.125. The van der Waals surface area contributed by atoms with Gasteiger partial charge in [0.25, 0.3) is 0 Å². The summed E-state index contributed by atoms with van der Waals surface area (Å²) < 4.78 is 5.53. The number of hydrogen-bond acceptors (Lipinski definition) is 4. The first-order valence-electron chi connectivity index (χ1n) is 6.02. The second-order valence-electron chi connectivity index (χ2n) is 4.85. The molecule has 5 heteroatoms. The van der Waals surface area contributed by atoms with Crippen LogP contribution in [0.2, 0.25) is 0 Å². The summed E-state index contributed by atoms with van der Waals surface area (Å²) in [5.41, 5.74) is 0. The van der Waals surface area contributed by atoms with Crippen LogP contribution in [0.15, 0.2) is 0 Å². The second-order valence-corrected chi connectivity index (χ2v) is 4.85. The molecule has 0 spiro atoms. The number of likely N-dealkylation sites (N-methyl/N-ethyl adjacent to an activating group) is 1. The molecule has 17 heavy (non-hydrogen) atoms. The zero-order valence-corrected chi connectivity index (χ0v) is 10.8. The Bertz CT molecular complexity index is 299. The number of carbonyl (C=O) groups excluding carboxylic acids is 1. The lowest BCUT2D eigenvalue weighted by Crippen LogP contribution is -2.47. The maximum Gasteiger partial charge on any atom is 0.237 e. The van der Waals surface area contributed by atoms with Crippen molar-refractivity contribution in [2.24, 2.45) is 11.8 Å². The maximum atomic E-state index is 11.7. The molecule has 0 bridgehead atoms. The van der Waals surface area contributed by atoms with Crippen LogP contribution < -0.4 is 5.32 Å². The van der Waals surface area contributed by atoms with Gasteiger partial charge in [-0.1, -0.05) is 13.8 Å². The van der Waals surface area contributed by atoms with Gasteiger partial charge < -0.3 is 15.0 Å². The molecule has 0 aromatic carbocycles. The predicted molar refractivity (Wildman–Crippen MR) is 64.2 cm³/mol. The van der Waals surface area contributed by atoms with E-state index in [4.69, 9.17) is 10.00 Å². The van der Waals surface area contributed by atoms with E-state index in [1.54, 1.807) is 0 Å². The Morgan fingerprint density at radius 3 is 2.88 bits per heavy atom. The molecule has 1 saturated heterocycles. The maximum absolute atomic E-state index is 11.7. The van der Waals surface area contributed by atoms with Crippen molar-refractivity contribution in [1.82, 2.24) is 10.2 Å². The fraction of sp³-hybridized carbons (Fsp3) is 0.833. The fourth-order valence-corrected chi connectivity index (χ4v) is 1.83. The van der Waals surface area contributed by atoms with Gasteiger partial charge in [0.15, 0.2) is 0 Å². The number of nitrogens with one attached hydrogen (secondary N) is 1. The van der Waals surface area contributed by atoms with E-state index in [1.165, 1.54) is 0 Å². The number of morpholine rings is 1. The van der Waals surface area contributed by atoms with Gasteiger partial charge in [0.2, 0.25) is 5.91 Å². The number of amides is 1. The SMILES string of the molecule is CC(C)C(C#N)C(=O)NCC1CN(C)CCO1. The van der Waals surface area contributed by atoms with Gasteiger partial charge in [0, 0.05) is 19.6 Å². The molecule has 1 amide bonds. The molecule has 1 fully saturated rings. The molecule has 1 N–H and O–H groups in total. The van der Waals surface area contributed by atoms with Crippen LogP contribution in [0.1, 0.15) is 13.8 Å². The predicted octanol–water partition coefficient (Wildman–Crippen LogP) is 0.229. The van der Waals surface area contributed by atoms with E-state index < -0.39 is 5.92 Å². The topological polar surface area (TPSA) is 65.4 Å². The highest BCUT2D eigenvalue weighted by molar-refractivity contribution is 5.81. The van der Waals surface area contributed by atoms with Crippen LogP contribution in [-0.2, 0) is 9.53 Å². The average Bonchev–Trinajstić information content (AvgIpc) is 2.27. The summed E-state index contributed by atoms with van der Waals surface area (Å²) in [6.45, 7) is 6.67. The van der Waals surface area contributed by atoms with Gasteiger partial charge in [-0.15, -0.1) is 0 Å². The van der Waals surface area contributed by atoms with Crippen LogP contribution in [0.25, 0.3) is 0 Å². The molecule has 0 aromatic rings. The Labute approximate surface area is 103 Å². The molecule has 0 aliphatic carbocycles. The van der Waals surface area contributed by atoms with Crippen LogP contribution in [0, 0.1) is 23.2 Å². The normalized spacial score (nSPS) is 23.1. The van der Waals surface area contributed by atoms with Crippen molar-refractivity contribution in [3.63, 3.8) is 0 Å². The van der Waals surface area contributed by atoms with Crippen LogP contribution in [0.5, 0.6) is 0 Å². The average molecular weight is 239 g/mol. The van der Waals surface area contributed by atoms with Crippen molar-refractivity contribution >= 4 is 5.91 Å². The third-order valence-electron chi connectivity index (χ3n) is 2.93. The van der Waals surface area contributed by atoms with Crippen molar-refractivity contribution in [3.05, 3.63) is 0 Å². The number of carbonyl (C=O) groups is 1. The number of nitrogens with zero attached hydrogens (tertiary/aromatic N) is 2. The van der Waals surface area contributed by atoms with E-state index in [0.717, 1.165) is 13.1 Å². The van der Waals surface area contributed by atoms with Crippen molar-refractivity contribution in [2.75, 3.05) is 33.3 Å². The van der Waals surface area contributed by atoms with E-state index in [2.05, 4.69) is 10.2 Å². The third kappa shape index (κ3) is 4.33. The van der Waals surface area contributed by atoms with Crippen molar-refractivity contribution in [2.45, 2.75) is 20.0 Å². The minimum absolute atomic E-state index is 0.0317. The highest BCUT2D eigenvalue weighted by atomic mass is 16.5. The lowest BCUT2D eigenvalue weighted by atomic mass is 9.96. The molecular weight excluding hydrogens is 218 g/mol. The summed E-state index contributed by atoms with van der Waals surface area (Å²) in [6, 6.07) is 2.03. The monoisotopic (exact) mass is 239 g/mol. The summed E-state index contributed by atoms with van der Waals surface area (Å²) in [5.74, 6) is -0.731. The molecule has 1 rings (SSSR count). The molecule has 5 nitrogen and oxygen atoms in total. The van der Waals surface area contributed by atoms with Gasteiger partial charge in [-0.2, -0.15) is 5.26 Å². The molecule has 0 saturated carbocycles. The zero-order chi connectivity index (χ0) is 12.8. The molecule has 1 aliphatic heterocycles. The van der Waals surface area contributed by atoms with Gasteiger partial charge >= 0.3 is 0 Å². The highest BCUT2D eigenvalue weighted by Crippen LogP contribution is 2.09. The van der Waals surface area contributed by atoms with E-state index in [-0.39, 0.29) is 17.9 Å². The first-order valence-corrected chi connectivity index (χ1v) is 6.02. The van der Waals surface area contributed by atoms with Gasteiger partial charge in [-0.05, 0) is 13.0 Å². The summed E-state index contributed by atoms with van der Waals surface area (Å²) in [6.07, 6.45) is 0.0317. The van der Waals surface area contributed by atoms with Gasteiger partial charge in [0.05, 0.1) is 18.8 Å². The standard InChI is InChI=1S/C12H21N3O2/c1-9(2)11(6-13)12(16)14-7-10-8-15(3)4-5-17-10/h9-11H,4-5,7-8H2,1-3H3,(H,14,16). The summed E-state index contributed by atoms with van der Waals surface area (Å²) in [4.78, 5) is 13.9. The van der Waals surface area contributed by atoms with Crippen LogP contribution in [0.3, 0.4) is 0 Å². The van der Waals surface area contributed by atoms with Crippen LogP contribution in [0.4, 0.5) is 0 Å². The molecule has 1 heterocycles. The first kappa shape index (κ1) is 13.9. The van der Waals surface area contributed by atoms with Gasteiger partial charge in [0.1, 0.15) is 5.92 Å². The molecule has 0 aromatic heterocycles. The minimum atomic E-state index is -0.573. The molecule has 96 valence electrons. The van der Waals surface area contributed by atoms with Crippen LogP contribution >= 0.6 is 0 Å². The summed E-state index contributed by atoms with van der Waals surface area (Å²) in [7, 11) is 2.03. The Morgan fingerprint density at radius 1 is 1.65 bits per heavy atom. The van der Waals surface area contributed by atoms with E-state index in [9.17, 15) is 4.79 Å². The summed E-state index contributed by atoms with van der Waals surface area (Å²) in [5, 5.41) is 11.7. The molecule has 2 unspecified atom stereocenters. The van der Waals surface area contributed by atoms with Crippen molar-refractivity contribution in [3.8, 4) is 6.07 Å². The Kier molecular flexibility index (Phi) is 5.39. The number of hydrogen-bond donors (Lipinski definition) is 1. The fourth-order valence-electron chi connectivity index (χ4n) is 1.83. The second kappa shape index (κ2) is 6.58. The third-order valence-corrected chi connectivity index (χ3v) is 2.93. The first-order chi connectivity index (χ1) is 8.04. The number of rotatable bonds is 4. The van der Waals surface area contributed by atoms with Gasteiger partial charge in [-0.3, -0.25) is 4.79 Å². The summed E-state index contributed by atoms with van der Waals surface area (Å²) >= 11 is 0. The van der Waals surface area contributed by atoms with Crippen LogP contribution in [-0.4, -0.2) is 50.2 Å². The Hall–Kier alpha value is -1.12. The molecule has 2 atom stereocenters. The zero-order valence-electron chi connectivity index (χ0n) is 10.8. The Balaban J connectivity index is 2.35. The van der Waals surface area contributed by atoms with E-state index >= 15 is 0 Å². The molecule has 0 radical (unpaired) electrons. The number of nitriles is 1. The lowest BCUT2D eigenvalue weighted by Gasteiger charge is -2.30. The largest absolute Gasteiger partial charge is 0.374 e. The number of ether oxygens (including phenoxy) is 1. The highest BCUT2D eigenvalue weighted by Gasteiger charge is 2.23. The van der Waals surface area contributed by atoms with E-state index in [1.807, 2.05) is 27.0 Å². The smallest absolute Gasteiger partial charge is 0.237 e. The molecular formula is C12H21N3O2. The Morgan fingerprint density at radius 2 is 2.35 bits per heavy atom.